The zero-order valence-corrected chi connectivity index (χ0v) is 16.3. The topological polar surface area (TPSA) is 75.7 Å². The van der Waals surface area contributed by atoms with Crippen LogP contribution in [0.15, 0.2) is 36.4 Å². The molecule has 150 valence electrons. The third-order valence-electron chi connectivity index (χ3n) is 5.42. The van der Waals surface area contributed by atoms with Crippen molar-refractivity contribution in [2.24, 2.45) is 11.8 Å². The first-order valence-electron chi connectivity index (χ1n) is 10.0. The summed E-state index contributed by atoms with van der Waals surface area (Å²) >= 11 is 0. The van der Waals surface area contributed by atoms with E-state index in [4.69, 9.17) is 4.74 Å². The Morgan fingerprint density at radius 3 is 2.46 bits per heavy atom. The summed E-state index contributed by atoms with van der Waals surface area (Å²) in [6.07, 6.45) is 6.79. The normalized spacial score (nSPS) is 18.7. The molecule has 0 aromatic heterocycles. The number of hydrogen-bond acceptors (Lipinski definition) is 4. The summed E-state index contributed by atoms with van der Waals surface area (Å²) in [6.45, 7) is 2.79. The maximum atomic E-state index is 12.3. The molecule has 1 aromatic rings. The standard InChI is InChI=1S/C22H28N2O4/c1-16(18-8-9-18)23-20(25)15-28-22(27)19-11-13-24(14-12-19)21(26)10-7-17-5-3-2-4-6-17/h2-7,10,16,18-19H,8-9,11-15H2,1H3,(H,23,25)/b10-7+. The highest BCUT2D eigenvalue weighted by Crippen LogP contribution is 2.32. The number of nitrogens with zero attached hydrogens (tertiary/aromatic N) is 1. The van der Waals surface area contributed by atoms with Crippen molar-refractivity contribution in [3.05, 3.63) is 42.0 Å². The van der Waals surface area contributed by atoms with Crippen LogP contribution in [0.3, 0.4) is 0 Å². The number of amides is 2. The summed E-state index contributed by atoms with van der Waals surface area (Å²) in [7, 11) is 0. The molecule has 0 radical (unpaired) electrons. The van der Waals surface area contributed by atoms with Gasteiger partial charge in [-0.2, -0.15) is 0 Å². The average molecular weight is 384 g/mol. The SMILES string of the molecule is CC(NC(=O)COC(=O)C1CCN(C(=O)/C=C/c2ccccc2)CC1)C1CC1. The van der Waals surface area contributed by atoms with Crippen LogP contribution in [0.1, 0.15) is 38.2 Å². The van der Waals surface area contributed by atoms with E-state index in [9.17, 15) is 14.4 Å². The Labute approximate surface area is 165 Å². The maximum absolute atomic E-state index is 12.3. The van der Waals surface area contributed by atoms with Crippen molar-refractivity contribution in [2.45, 2.75) is 38.6 Å². The predicted molar refractivity (Wildman–Crippen MR) is 106 cm³/mol. The van der Waals surface area contributed by atoms with Gasteiger partial charge in [0.05, 0.1) is 5.92 Å². The molecule has 1 aliphatic heterocycles. The molecule has 1 unspecified atom stereocenters. The van der Waals surface area contributed by atoms with Crippen LogP contribution in [-0.4, -0.2) is 48.4 Å². The fourth-order valence-electron chi connectivity index (χ4n) is 3.44. The number of carbonyl (C=O) groups excluding carboxylic acids is 3. The Balaban J connectivity index is 1.37. The van der Waals surface area contributed by atoms with Gasteiger partial charge in [0, 0.05) is 25.2 Å². The lowest BCUT2D eigenvalue weighted by Crippen LogP contribution is -2.41. The molecule has 1 saturated heterocycles. The maximum Gasteiger partial charge on any atom is 0.309 e. The number of hydrogen-bond donors (Lipinski definition) is 1. The molecule has 2 fully saturated rings. The molecule has 28 heavy (non-hydrogen) atoms. The number of benzene rings is 1. The second kappa shape index (κ2) is 9.53. The average Bonchev–Trinajstić information content (AvgIpc) is 3.56. The van der Waals surface area contributed by atoms with Gasteiger partial charge in [-0.25, -0.2) is 0 Å². The molecule has 2 aliphatic rings. The number of ether oxygens (including phenoxy) is 1. The lowest BCUT2D eigenvalue weighted by Gasteiger charge is -2.30. The van der Waals surface area contributed by atoms with E-state index in [2.05, 4.69) is 5.32 Å². The van der Waals surface area contributed by atoms with Crippen LogP contribution < -0.4 is 5.32 Å². The number of nitrogens with one attached hydrogen (secondary N) is 1. The van der Waals surface area contributed by atoms with E-state index in [1.165, 1.54) is 0 Å². The van der Waals surface area contributed by atoms with Crippen LogP contribution in [-0.2, 0) is 19.1 Å². The van der Waals surface area contributed by atoms with Crippen LogP contribution in [0.25, 0.3) is 6.08 Å². The van der Waals surface area contributed by atoms with Crippen molar-refractivity contribution in [3.8, 4) is 0 Å². The first kappa shape index (κ1) is 20.1. The van der Waals surface area contributed by atoms with Gasteiger partial charge in [-0.1, -0.05) is 30.3 Å². The summed E-state index contributed by atoms with van der Waals surface area (Å²) in [4.78, 5) is 38.1. The van der Waals surface area contributed by atoms with Gasteiger partial charge in [0.25, 0.3) is 5.91 Å². The molecule has 1 aromatic carbocycles. The Hall–Kier alpha value is -2.63. The summed E-state index contributed by atoms with van der Waals surface area (Å²) in [5.41, 5.74) is 0.976. The monoisotopic (exact) mass is 384 g/mol. The number of likely N-dealkylation sites (tertiary alicyclic amines) is 1. The minimum absolute atomic E-state index is 0.0517. The van der Waals surface area contributed by atoms with Crippen LogP contribution in [0.2, 0.25) is 0 Å². The molecule has 1 saturated carbocycles. The van der Waals surface area contributed by atoms with E-state index in [-0.39, 0.29) is 36.4 Å². The van der Waals surface area contributed by atoms with Gasteiger partial charge in [0.1, 0.15) is 0 Å². The molecule has 0 spiro atoms. The van der Waals surface area contributed by atoms with Crippen LogP contribution >= 0.6 is 0 Å². The third kappa shape index (κ3) is 5.94. The Morgan fingerprint density at radius 2 is 1.82 bits per heavy atom. The zero-order valence-electron chi connectivity index (χ0n) is 16.3. The molecule has 1 heterocycles. The number of rotatable bonds is 7. The van der Waals surface area contributed by atoms with E-state index in [1.807, 2.05) is 37.3 Å². The molecule has 2 amide bonds. The molecule has 0 bridgehead atoms. The largest absolute Gasteiger partial charge is 0.455 e. The molecule has 3 rings (SSSR count). The van der Waals surface area contributed by atoms with Gasteiger partial charge in [0.15, 0.2) is 6.61 Å². The quantitative estimate of drug-likeness (QED) is 0.579. The van der Waals surface area contributed by atoms with Gasteiger partial charge < -0.3 is 15.0 Å². The Bertz CT molecular complexity index is 719. The fraction of sp³-hybridized carbons (Fsp3) is 0.500. The van der Waals surface area contributed by atoms with E-state index < -0.39 is 0 Å². The first-order valence-corrected chi connectivity index (χ1v) is 10.0. The van der Waals surface area contributed by atoms with E-state index >= 15 is 0 Å². The number of carbonyl (C=O) groups is 3. The minimum Gasteiger partial charge on any atom is -0.455 e. The highest BCUT2D eigenvalue weighted by atomic mass is 16.5. The first-order chi connectivity index (χ1) is 13.5. The van der Waals surface area contributed by atoms with Gasteiger partial charge in [0.2, 0.25) is 5.91 Å². The van der Waals surface area contributed by atoms with Crippen molar-refractivity contribution in [1.29, 1.82) is 0 Å². The van der Waals surface area contributed by atoms with E-state index in [0.29, 0.717) is 31.8 Å². The zero-order chi connectivity index (χ0) is 19.9. The second-order valence-corrected chi connectivity index (χ2v) is 7.64. The lowest BCUT2D eigenvalue weighted by molar-refractivity contribution is -0.154. The van der Waals surface area contributed by atoms with E-state index in [1.54, 1.807) is 17.1 Å². The van der Waals surface area contributed by atoms with E-state index in [0.717, 1.165) is 18.4 Å². The molecular formula is C22H28N2O4. The molecule has 6 heteroatoms. The van der Waals surface area contributed by atoms with Gasteiger partial charge in [-0.3, -0.25) is 14.4 Å². The highest BCUT2D eigenvalue weighted by molar-refractivity contribution is 5.92. The van der Waals surface area contributed by atoms with Crippen LogP contribution in [0.4, 0.5) is 0 Å². The number of esters is 1. The number of piperidine rings is 1. The summed E-state index contributed by atoms with van der Waals surface area (Å²) in [5.74, 6) is -0.329. The van der Waals surface area contributed by atoms with Crippen LogP contribution in [0.5, 0.6) is 0 Å². The Morgan fingerprint density at radius 1 is 1.14 bits per heavy atom. The Kier molecular flexibility index (Phi) is 6.85. The molecule has 6 nitrogen and oxygen atoms in total. The minimum atomic E-state index is -0.346. The highest BCUT2D eigenvalue weighted by Gasteiger charge is 2.30. The van der Waals surface area contributed by atoms with Crippen LogP contribution in [0, 0.1) is 11.8 Å². The van der Waals surface area contributed by atoms with Crippen molar-refractivity contribution in [2.75, 3.05) is 19.7 Å². The molecule has 1 N–H and O–H groups in total. The molecular weight excluding hydrogens is 356 g/mol. The third-order valence-corrected chi connectivity index (χ3v) is 5.42. The van der Waals surface area contributed by atoms with Crippen molar-refractivity contribution < 1.29 is 19.1 Å². The smallest absolute Gasteiger partial charge is 0.309 e. The van der Waals surface area contributed by atoms with Crippen molar-refractivity contribution >= 4 is 23.9 Å². The van der Waals surface area contributed by atoms with Crippen molar-refractivity contribution in [3.63, 3.8) is 0 Å². The van der Waals surface area contributed by atoms with Crippen molar-refractivity contribution in [1.82, 2.24) is 10.2 Å². The molecule has 1 atom stereocenters. The summed E-state index contributed by atoms with van der Waals surface area (Å²) in [6, 6.07) is 9.80. The van der Waals surface area contributed by atoms with Gasteiger partial charge in [-0.05, 0) is 50.2 Å². The summed E-state index contributed by atoms with van der Waals surface area (Å²) in [5, 5.41) is 2.87. The summed E-state index contributed by atoms with van der Waals surface area (Å²) < 4.78 is 5.18. The fourth-order valence-corrected chi connectivity index (χ4v) is 3.44. The lowest BCUT2D eigenvalue weighted by atomic mass is 9.97. The molecule has 1 aliphatic carbocycles. The van der Waals surface area contributed by atoms with Gasteiger partial charge in [-0.15, -0.1) is 0 Å². The second-order valence-electron chi connectivity index (χ2n) is 7.64. The predicted octanol–water partition coefficient (Wildman–Crippen LogP) is 2.40. The van der Waals surface area contributed by atoms with Gasteiger partial charge >= 0.3 is 5.97 Å².